The second-order valence-electron chi connectivity index (χ2n) is 9.07. The van der Waals surface area contributed by atoms with Gasteiger partial charge < -0.3 is 9.80 Å². The van der Waals surface area contributed by atoms with Crippen molar-refractivity contribution in [2.45, 2.75) is 18.9 Å². The number of carbonyl (C=O) groups is 1. The van der Waals surface area contributed by atoms with Gasteiger partial charge in [-0.25, -0.2) is 0 Å². The van der Waals surface area contributed by atoms with Gasteiger partial charge in [0.1, 0.15) is 0 Å². The Morgan fingerprint density at radius 3 is 1.81 bits per heavy atom. The highest BCUT2D eigenvalue weighted by Crippen LogP contribution is 2.37. The minimum absolute atomic E-state index is 0.136. The molecule has 1 aliphatic heterocycles. The average Bonchev–Trinajstić information content (AvgIpc) is 3.01. The van der Waals surface area contributed by atoms with Crippen LogP contribution in [0.15, 0.2) is 72.8 Å². The molecule has 0 N–H and O–H groups in total. The SMILES string of the molecule is CN(C)c1ccc(C(=O)N2CCN(C3c4ccccc4CCc4ccccc43)CC2)cc1. The molecule has 3 aromatic rings. The number of aryl methyl sites for hydroxylation is 2. The molecule has 0 bridgehead atoms. The van der Waals surface area contributed by atoms with Crippen LogP contribution in [-0.2, 0) is 12.8 Å². The topological polar surface area (TPSA) is 26.8 Å². The van der Waals surface area contributed by atoms with Crippen molar-refractivity contribution in [3.8, 4) is 0 Å². The highest BCUT2D eigenvalue weighted by atomic mass is 16.2. The molecule has 0 aromatic heterocycles. The molecule has 164 valence electrons. The van der Waals surface area contributed by atoms with E-state index >= 15 is 0 Å². The van der Waals surface area contributed by atoms with Gasteiger partial charge in [0, 0.05) is 51.5 Å². The Labute approximate surface area is 191 Å². The zero-order valence-electron chi connectivity index (χ0n) is 19.0. The molecule has 0 saturated carbocycles. The van der Waals surface area contributed by atoms with Crippen LogP contribution >= 0.6 is 0 Å². The van der Waals surface area contributed by atoms with Gasteiger partial charge in [-0.1, -0.05) is 48.5 Å². The van der Waals surface area contributed by atoms with Crippen molar-refractivity contribution in [3.63, 3.8) is 0 Å². The van der Waals surface area contributed by atoms with Crippen molar-refractivity contribution in [1.82, 2.24) is 9.80 Å². The van der Waals surface area contributed by atoms with E-state index in [1.807, 2.05) is 43.3 Å². The molecule has 0 radical (unpaired) electrons. The first-order valence-corrected chi connectivity index (χ1v) is 11.6. The summed E-state index contributed by atoms with van der Waals surface area (Å²) in [5, 5.41) is 0. The molecule has 5 rings (SSSR count). The first-order chi connectivity index (χ1) is 15.6. The largest absolute Gasteiger partial charge is 0.378 e. The number of rotatable bonds is 3. The number of benzene rings is 3. The predicted octanol–water partition coefficient (Wildman–Crippen LogP) is 4.40. The third kappa shape index (κ3) is 3.91. The number of hydrogen-bond acceptors (Lipinski definition) is 3. The van der Waals surface area contributed by atoms with Gasteiger partial charge in [0.05, 0.1) is 6.04 Å². The maximum atomic E-state index is 13.1. The molecule has 4 nitrogen and oxygen atoms in total. The Bertz CT molecular complexity index is 1050. The summed E-state index contributed by atoms with van der Waals surface area (Å²) in [6.07, 6.45) is 2.18. The second kappa shape index (κ2) is 8.79. The first-order valence-electron chi connectivity index (χ1n) is 11.6. The molecule has 1 fully saturated rings. The van der Waals surface area contributed by atoms with Crippen LogP contribution in [0.5, 0.6) is 0 Å². The van der Waals surface area contributed by atoms with E-state index in [4.69, 9.17) is 0 Å². The highest BCUT2D eigenvalue weighted by Gasteiger charge is 2.32. The van der Waals surface area contributed by atoms with Crippen LogP contribution in [-0.4, -0.2) is 56.0 Å². The number of carbonyl (C=O) groups excluding carboxylic acids is 1. The van der Waals surface area contributed by atoms with Crippen molar-refractivity contribution in [2.24, 2.45) is 0 Å². The second-order valence-corrected chi connectivity index (χ2v) is 9.07. The van der Waals surface area contributed by atoms with Crippen LogP contribution in [0.3, 0.4) is 0 Å². The molecule has 1 heterocycles. The first kappa shape index (κ1) is 20.8. The molecule has 0 spiro atoms. The van der Waals surface area contributed by atoms with Crippen LogP contribution in [0.2, 0.25) is 0 Å². The highest BCUT2D eigenvalue weighted by molar-refractivity contribution is 5.94. The zero-order valence-corrected chi connectivity index (χ0v) is 19.0. The number of fused-ring (bicyclic) bond motifs is 2. The van der Waals surface area contributed by atoms with Gasteiger partial charge in [-0.15, -0.1) is 0 Å². The minimum atomic E-state index is 0.136. The summed E-state index contributed by atoms with van der Waals surface area (Å²) < 4.78 is 0. The fourth-order valence-electron chi connectivity index (χ4n) is 5.16. The summed E-state index contributed by atoms with van der Waals surface area (Å²) in [7, 11) is 4.03. The van der Waals surface area contributed by atoms with Gasteiger partial charge >= 0.3 is 0 Å². The fraction of sp³-hybridized carbons (Fsp3) is 0.321. The van der Waals surface area contributed by atoms with Crippen molar-refractivity contribution in [1.29, 1.82) is 0 Å². The summed E-state index contributed by atoms with van der Waals surface area (Å²) in [5.41, 5.74) is 7.64. The van der Waals surface area contributed by atoms with E-state index < -0.39 is 0 Å². The summed E-state index contributed by atoms with van der Waals surface area (Å²) in [5.74, 6) is 0.136. The van der Waals surface area contributed by atoms with Crippen molar-refractivity contribution in [3.05, 3.63) is 101 Å². The van der Waals surface area contributed by atoms with Gasteiger partial charge in [-0.3, -0.25) is 9.69 Å². The lowest BCUT2D eigenvalue weighted by Crippen LogP contribution is -2.50. The summed E-state index contributed by atoms with van der Waals surface area (Å²) in [4.78, 5) is 19.7. The average molecular weight is 426 g/mol. The van der Waals surface area contributed by atoms with Crippen LogP contribution in [0.25, 0.3) is 0 Å². The van der Waals surface area contributed by atoms with E-state index in [0.29, 0.717) is 0 Å². The van der Waals surface area contributed by atoms with E-state index in [-0.39, 0.29) is 11.9 Å². The number of anilines is 1. The smallest absolute Gasteiger partial charge is 0.253 e. The van der Waals surface area contributed by atoms with Gasteiger partial charge in [-0.05, 0) is 59.4 Å². The fourth-order valence-corrected chi connectivity index (χ4v) is 5.16. The number of amides is 1. The van der Waals surface area contributed by atoms with E-state index in [2.05, 4.69) is 58.3 Å². The Morgan fingerprint density at radius 1 is 0.750 bits per heavy atom. The molecule has 32 heavy (non-hydrogen) atoms. The normalized spacial score (nSPS) is 16.8. The van der Waals surface area contributed by atoms with Gasteiger partial charge in [0.15, 0.2) is 0 Å². The minimum Gasteiger partial charge on any atom is -0.378 e. The lowest BCUT2D eigenvalue weighted by atomic mass is 9.92. The summed E-state index contributed by atoms with van der Waals surface area (Å²) in [6, 6.07) is 26.0. The summed E-state index contributed by atoms with van der Waals surface area (Å²) >= 11 is 0. The van der Waals surface area contributed by atoms with Crippen LogP contribution in [0.4, 0.5) is 5.69 Å². The molecule has 2 aliphatic rings. The van der Waals surface area contributed by atoms with E-state index in [0.717, 1.165) is 50.3 Å². The van der Waals surface area contributed by atoms with E-state index in [1.54, 1.807) is 0 Å². The number of piperazine rings is 1. The molecule has 1 aliphatic carbocycles. The zero-order chi connectivity index (χ0) is 22.1. The van der Waals surface area contributed by atoms with Crippen LogP contribution in [0, 0.1) is 0 Å². The standard InChI is InChI=1S/C28H31N3O/c1-29(2)24-15-13-23(14-16-24)28(32)31-19-17-30(18-20-31)27-25-9-5-3-7-21(25)11-12-22-8-4-6-10-26(22)27/h3-10,13-16,27H,11-12,17-20H2,1-2H3. The maximum absolute atomic E-state index is 13.1. The maximum Gasteiger partial charge on any atom is 0.253 e. The molecule has 1 saturated heterocycles. The monoisotopic (exact) mass is 425 g/mol. The lowest BCUT2D eigenvalue weighted by molar-refractivity contribution is 0.0597. The van der Waals surface area contributed by atoms with Gasteiger partial charge in [-0.2, -0.15) is 0 Å². The van der Waals surface area contributed by atoms with Crippen LogP contribution in [0.1, 0.15) is 38.7 Å². The molecule has 4 heteroatoms. The number of hydrogen-bond donors (Lipinski definition) is 0. The third-order valence-electron chi connectivity index (χ3n) is 6.96. The molecule has 0 atom stereocenters. The molecule has 3 aromatic carbocycles. The Hall–Kier alpha value is -3.11. The number of nitrogens with zero attached hydrogens (tertiary/aromatic N) is 3. The van der Waals surface area contributed by atoms with Crippen molar-refractivity contribution in [2.75, 3.05) is 45.2 Å². The molecular formula is C28H31N3O. The molecule has 0 unspecified atom stereocenters. The predicted molar refractivity (Wildman–Crippen MR) is 130 cm³/mol. The van der Waals surface area contributed by atoms with E-state index in [1.165, 1.54) is 22.3 Å². The van der Waals surface area contributed by atoms with E-state index in [9.17, 15) is 4.79 Å². The lowest BCUT2D eigenvalue weighted by Gasteiger charge is -2.40. The Balaban J connectivity index is 1.36. The van der Waals surface area contributed by atoms with Gasteiger partial charge in [0.2, 0.25) is 0 Å². The third-order valence-corrected chi connectivity index (χ3v) is 6.96. The van der Waals surface area contributed by atoms with Crippen LogP contribution < -0.4 is 4.90 Å². The molecular weight excluding hydrogens is 394 g/mol. The van der Waals surface area contributed by atoms with Crippen molar-refractivity contribution >= 4 is 11.6 Å². The summed E-state index contributed by atoms with van der Waals surface area (Å²) in [6.45, 7) is 3.29. The molecule has 1 amide bonds. The van der Waals surface area contributed by atoms with Crippen molar-refractivity contribution < 1.29 is 4.79 Å². The quantitative estimate of drug-likeness (QED) is 0.622. The Morgan fingerprint density at radius 2 is 1.28 bits per heavy atom. The van der Waals surface area contributed by atoms with Gasteiger partial charge in [0.25, 0.3) is 5.91 Å². The Kier molecular flexibility index (Phi) is 5.71.